The number of nitrogens with zero attached hydrogens (tertiary/aromatic N) is 4. The number of hydrogen-bond donors (Lipinski definition) is 0. The van der Waals surface area contributed by atoms with Gasteiger partial charge in [0.15, 0.2) is 17.3 Å². The Labute approximate surface area is 146 Å². The first kappa shape index (κ1) is 18.1. The number of rotatable bonds is 8. The summed E-state index contributed by atoms with van der Waals surface area (Å²) in [5, 5.41) is 13.2. The van der Waals surface area contributed by atoms with Crippen molar-refractivity contribution in [1.29, 1.82) is 0 Å². The number of aryl methyl sites for hydroxylation is 1. The Bertz CT molecular complexity index is 690. The molecule has 0 bridgehead atoms. The molecular weight excluding hydrogens is 328 g/mol. The molecule has 1 aromatic carbocycles. The van der Waals surface area contributed by atoms with Crippen molar-refractivity contribution in [1.82, 2.24) is 14.9 Å². The van der Waals surface area contributed by atoms with E-state index < -0.39 is 0 Å². The maximum atomic E-state index is 5.74. The van der Waals surface area contributed by atoms with Crippen molar-refractivity contribution in [3.63, 3.8) is 0 Å². The van der Waals surface area contributed by atoms with Crippen molar-refractivity contribution >= 4 is 18.0 Å². The molecule has 2 rings (SSSR count). The molecule has 0 N–H and O–H groups in total. The molecule has 2 aromatic rings. The first-order valence-electron chi connectivity index (χ1n) is 7.53. The summed E-state index contributed by atoms with van der Waals surface area (Å²) in [6, 6.07) is 3.71. The highest BCUT2D eigenvalue weighted by Gasteiger charge is 2.14. The van der Waals surface area contributed by atoms with Gasteiger partial charge in [-0.25, -0.2) is 0 Å². The van der Waals surface area contributed by atoms with Crippen LogP contribution in [-0.2, 0) is 0 Å². The van der Waals surface area contributed by atoms with Gasteiger partial charge in [0.05, 0.1) is 27.0 Å². The van der Waals surface area contributed by atoms with Gasteiger partial charge in [-0.05, 0) is 31.7 Å². The van der Waals surface area contributed by atoms with E-state index in [1.165, 1.54) is 11.8 Å². The van der Waals surface area contributed by atoms with Crippen LogP contribution in [-0.4, -0.2) is 48.2 Å². The van der Waals surface area contributed by atoms with E-state index in [0.29, 0.717) is 23.9 Å². The van der Waals surface area contributed by atoms with Crippen molar-refractivity contribution in [2.45, 2.75) is 25.4 Å². The van der Waals surface area contributed by atoms with Crippen molar-refractivity contribution in [3.05, 3.63) is 23.5 Å². The highest BCUT2D eigenvalue weighted by Crippen LogP contribution is 2.38. The third-order valence-electron chi connectivity index (χ3n) is 3.21. The van der Waals surface area contributed by atoms with Crippen molar-refractivity contribution < 1.29 is 14.2 Å². The van der Waals surface area contributed by atoms with Gasteiger partial charge in [0.2, 0.25) is 10.9 Å². The smallest absolute Gasteiger partial charge is 0.211 e. The SMILES string of the molecule is CCCOc1c(OC)cc(/C=N\n2c(C)nnc2SC)cc1OC. The Kier molecular flexibility index (Phi) is 6.48. The van der Waals surface area contributed by atoms with Gasteiger partial charge in [-0.3, -0.25) is 0 Å². The van der Waals surface area contributed by atoms with Crippen LogP contribution in [0.4, 0.5) is 0 Å². The molecule has 7 nitrogen and oxygen atoms in total. The van der Waals surface area contributed by atoms with E-state index in [0.717, 1.165) is 23.0 Å². The molecule has 1 aromatic heterocycles. The predicted octanol–water partition coefficient (Wildman–Crippen LogP) is 3.00. The highest BCUT2D eigenvalue weighted by molar-refractivity contribution is 7.98. The molecule has 0 aliphatic rings. The summed E-state index contributed by atoms with van der Waals surface area (Å²) in [6.45, 7) is 4.49. The first-order chi connectivity index (χ1) is 11.6. The zero-order chi connectivity index (χ0) is 17.5. The minimum Gasteiger partial charge on any atom is -0.493 e. The second-order valence-electron chi connectivity index (χ2n) is 4.89. The summed E-state index contributed by atoms with van der Waals surface area (Å²) >= 11 is 1.48. The van der Waals surface area contributed by atoms with Crippen LogP contribution < -0.4 is 14.2 Å². The summed E-state index contributed by atoms with van der Waals surface area (Å²) in [4.78, 5) is 0. The van der Waals surface area contributed by atoms with Crippen LogP contribution in [0.3, 0.4) is 0 Å². The fourth-order valence-corrected chi connectivity index (χ4v) is 2.52. The Morgan fingerprint density at radius 2 is 1.88 bits per heavy atom. The summed E-state index contributed by atoms with van der Waals surface area (Å²) in [5.74, 6) is 2.53. The molecule has 0 aliphatic carbocycles. The largest absolute Gasteiger partial charge is 0.493 e. The third kappa shape index (κ3) is 4.00. The third-order valence-corrected chi connectivity index (χ3v) is 3.83. The van der Waals surface area contributed by atoms with Gasteiger partial charge >= 0.3 is 0 Å². The van der Waals surface area contributed by atoms with Crippen LogP contribution in [0, 0.1) is 6.92 Å². The molecule has 130 valence electrons. The van der Waals surface area contributed by atoms with E-state index in [4.69, 9.17) is 14.2 Å². The standard InChI is InChI=1S/C16H22N4O3S/c1-6-7-23-15-13(21-3)8-12(9-14(15)22-4)10-17-20-11(2)18-19-16(20)24-5/h8-10H,6-7H2,1-5H3/b17-10-. The van der Waals surface area contributed by atoms with Gasteiger partial charge in [0.25, 0.3) is 0 Å². The van der Waals surface area contributed by atoms with Gasteiger partial charge in [0.1, 0.15) is 0 Å². The Hall–Kier alpha value is -2.22. The lowest BCUT2D eigenvalue weighted by molar-refractivity contribution is 0.275. The van der Waals surface area contributed by atoms with E-state index in [-0.39, 0.29) is 0 Å². The quantitative estimate of drug-likeness (QED) is 0.538. The maximum Gasteiger partial charge on any atom is 0.211 e. The fourth-order valence-electron chi connectivity index (χ4n) is 2.04. The molecule has 0 aliphatic heterocycles. The monoisotopic (exact) mass is 350 g/mol. The maximum absolute atomic E-state index is 5.74. The molecule has 0 atom stereocenters. The molecule has 0 fully saturated rings. The Balaban J connectivity index is 2.37. The number of hydrogen-bond acceptors (Lipinski definition) is 7. The van der Waals surface area contributed by atoms with E-state index in [1.54, 1.807) is 25.1 Å². The zero-order valence-electron chi connectivity index (χ0n) is 14.6. The lowest BCUT2D eigenvalue weighted by atomic mass is 10.2. The van der Waals surface area contributed by atoms with E-state index >= 15 is 0 Å². The molecule has 8 heteroatoms. The van der Waals surface area contributed by atoms with Gasteiger partial charge in [-0.15, -0.1) is 10.2 Å². The van der Waals surface area contributed by atoms with Crippen molar-refractivity contribution in [2.75, 3.05) is 27.1 Å². The van der Waals surface area contributed by atoms with Crippen LogP contribution in [0.2, 0.25) is 0 Å². The van der Waals surface area contributed by atoms with Crippen LogP contribution in [0.5, 0.6) is 17.2 Å². The van der Waals surface area contributed by atoms with Crippen LogP contribution >= 0.6 is 11.8 Å². The summed E-state index contributed by atoms with van der Waals surface area (Å²) in [5.41, 5.74) is 0.827. The molecular formula is C16H22N4O3S. The molecule has 1 heterocycles. The average Bonchev–Trinajstić information content (AvgIpc) is 2.97. The lowest BCUT2D eigenvalue weighted by Crippen LogP contribution is -2.02. The second-order valence-corrected chi connectivity index (χ2v) is 5.67. The number of methoxy groups -OCH3 is 2. The van der Waals surface area contributed by atoms with Crippen LogP contribution in [0.25, 0.3) is 0 Å². The molecule has 24 heavy (non-hydrogen) atoms. The minimum absolute atomic E-state index is 0.594. The van der Waals surface area contributed by atoms with E-state index in [1.807, 2.05) is 32.2 Å². The molecule has 0 saturated carbocycles. The Morgan fingerprint density at radius 1 is 1.21 bits per heavy atom. The predicted molar refractivity (Wildman–Crippen MR) is 94.9 cm³/mol. The van der Waals surface area contributed by atoms with Gasteiger partial charge in [0, 0.05) is 5.56 Å². The Morgan fingerprint density at radius 3 is 2.42 bits per heavy atom. The van der Waals surface area contributed by atoms with Crippen molar-refractivity contribution in [2.24, 2.45) is 5.10 Å². The summed E-state index contributed by atoms with van der Waals surface area (Å²) < 4.78 is 18.3. The zero-order valence-corrected chi connectivity index (χ0v) is 15.4. The molecule has 0 radical (unpaired) electrons. The van der Waals surface area contributed by atoms with Gasteiger partial charge in [-0.1, -0.05) is 18.7 Å². The number of benzene rings is 1. The number of ether oxygens (including phenoxy) is 3. The van der Waals surface area contributed by atoms with E-state index in [9.17, 15) is 0 Å². The topological polar surface area (TPSA) is 70.8 Å². The van der Waals surface area contributed by atoms with Crippen LogP contribution in [0.1, 0.15) is 24.7 Å². The minimum atomic E-state index is 0.594. The average molecular weight is 350 g/mol. The highest BCUT2D eigenvalue weighted by atomic mass is 32.2. The fraction of sp³-hybridized carbons (Fsp3) is 0.438. The lowest BCUT2D eigenvalue weighted by Gasteiger charge is -2.14. The normalized spacial score (nSPS) is 11.0. The first-order valence-corrected chi connectivity index (χ1v) is 8.76. The number of aromatic nitrogens is 3. The summed E-state index contributed by atoms with van der Waals surface area (Å²) in [6.07, 6.45) is 4.55. The molecule has 0 unspecified atom stereocenters. The molecule has 0 saturated heterocycles. The van der Waals surface area contributed by atoms with Crippen LogP contribution in [0.15, 0.2) is 22.4 Å². The van der Waals surface area contributed by atoms with E-state index in [2.05, 4.69) is 15.3 Å². The number of thioether (sulfide) groups is 1. The molecule has 0 amide bonds. The van der Waals surface area contributed by atoms with Crippen molar-refractivity contribution in [3.8, 4) is 17.2 Å². The molecule has 0 spiro atoms. The van der Waals surface area contributed by atoms with Gasteiger partial charge in [-0.2, -0.15) is 9.78 Å². The summed E-state index contributed by atoms with van der Waals surface area (Å²) in [7, 11) is 3.20. The van der Waals surface area contributed by atoms with Gasteiger partial charge < -0.3 is 14.2 Å². The second kappa shape index (κ2) is 8.58.